The first-order chi connectivity index (χ1) is 9.50. The second kappa shape index (κ2) is 4.20. The van der Waals surface area contributed by atoms with Crippen LogP contribution in [0.5, 0.6) is 0 Å². The Bertz CT molecular complexity index is 883. The van der Waals surface area contributed by atoms with Gasteiger partial charge in [-0.15, -0.1) is 0 Å². The second-order valence-electron chi connectivity index (χ2n) is 4.27. The highest BCUT2D eigenvalue weighted by atomic mass is 32.2. The first-order valence-electron chi connectivity index (χ1n) is 6.25. The number of aryl methyl sites for hydroxylation is 1. The topological polar surface area (TPSA) is 52.0 Å². The van der Waals surface area contributed by atoms with Gasteiger partial charge in [0.15, 0.2) is 5.65 Å². The lowest BCUT2D eigenvalue weighted by atomic mass is 10.2. The smallest absolute Gasteiger partial charge is 0.237 e. The number of aromatic nitrogens is 2. The lowest BCUT2D eigenvalue weighted by molar-refractivity contribution is 0.588. The molecule has 3 aromatic rings. The van der Waals surface area contributed by atoms with Crippen LogP contribution in [0.25, 0.3) is 11.0 Å². The Balaban J connectivity index is 2.29. The molecule has 0 aliphatic heterocycles. The van der Waals surface area contributed by atoms with Gasteiger partial charge < -0.3 is 0 Å². The molecule has 4 nitrogen and oxygen atoms in total. The van der Waals surface area contributed by atoms with Gasteiger partial charge in [0, 0.05) is 17.8 Å². The van der Waals surface area contributed by atoms with E-state index in [1.165, 1.54) is 12.3 Å². The third-order valence-corrected chi connectivity index (χ3v) is 4.53. The van der Waals surface area contributed by atoms with Crippen LogP contribution in [-0.2, 0) is 10.0 Å². The van der Waals surface area contributed by atoms with Gasteiger partial charge in [0.05, 0.1) is 6.27 Å². The lowest BCUT2D eigenvalue weighted by Crippen LogP contribution is -2.12. The molecule has 0 spiro atoms. The van der Waals surface area contributed by atoms with Gasteiger partial charge in [-0.25, -0.2) is 17.4 Å². The summed E-state index contributed by atoms with van der Waals surface area (Å²) in [6, 6.07) is 11.5. The Labute approximate surface area is 112 Å². The number of hydrogen-bond acceptors (Lipinski definition) is 3. The van der Waals surface area contributed by atoms with E-state index in [0.29, 0.717) is 5.39 Å². The minimum absolute atomic E-state index is 0.0979. The third kappa shape index (κ3) is 1.92. The number of rotatable bonds is 2. The highest BCUT2D eigenvalue weighted by molar-refractivity contribution is 7.90. The molecule has 1 aromatic carbocycles. The van der Waals surface area contributed by atoms with Crippen LogP contribution in [0, 0.1) is 6.92 Å². The molecule has 0 atom stereocenters. The van der Waals surface area contributed by atoms with Crippen molar-refractivity contribution >= 4 is 21.1 Å². The van der Waals surface area contributed by atoms with E-state index in [4.69, 9.17) is 1.37 Å². The van der Waals surface area contributed by atoms with E-state index in [1.807, 2.05) is 6.92 Å². The normalized spacial score (nSPS) is 12.6. The van der Waals surface area contributed by atoms with Gasteiger partial charge in [0.2, 0.25) is 0 Å². The number of hydrogen-bond donors (Lipinski definition) is 0. The number of pyridine rings is 1. The SMILES string of the molecule is [2H]c1cc2cccnc2n1S(=O)(=O)c1ccc(C)cc1. The van der Waals surface area contributed by atoms with Gasteiger partial charge >= 0.3 is 0 Å². The molecule has 2 heterocycles. The van der Waals surface area contributed by atoms with E-state index >= 15 is 0 Å². The fourth-order valence-corrected chi connectivity index (χ4v) is 3.14. The van der Waals surface area contributed by atoms with E-state index in [9.17, 15) is 8.42 Å². The van der Waals surface area contributed by atoms with E-state index in [1.54, 1.807) is 36.4 Å². The molecule has 0 radical (unpaired) electrons. The molecule has 0 aliphatic carbocycles. The number of fused-ring (bicyclic) bond motifs is 1. The van der Waals surface area contributed by atoms with Crippen LogP contribution in [0.2, 0.25) is 0 Å². The van der Waals surface area contributed by atoms with Crippen molar-refractivity contribution in [3.63, 3.8) is 0 Å². The summed E-state index contributed by atoms with van der Waals surface area (Å²) in [6.45, 7) is 1.89. The summed E-state index contributed by atoms with van der Waals surface area (Å²) in [5.74, 6) is 0. The lowest BCUT2D eigenvalue weighted by Gasteiger charge is -2.07. The van der Waals surface area contributed by atoms with Gasteiger partial charge in [-0.05, 0) is 37.3 Å². The molecule has 0 fully saturated rings. The van der Waals surface area contributed by atoms with Crippen LogP contribution in [0.15, 0.2) is 59.7 Å². The Morgan fingerprint density at radius 2 is 1.89 bits per heavy atom. The average Bonchev–Trinajstić information content (AvgIpc) is 2.75. The second-order valence-corrected chi connectivity index (χ2v) is 6.06. The summed E-state index contributed by atoms with van der Waals surface area (Å²) < 4.78 is 34.1. The molecule has 0 saturated carbocycles. The number of nitrogens with zero attached hydrogens (tertiary/aromatic N) is 2. The summed E-state index contributed by atoms with van der Waals surface area (Å²) in [4.78, 5) is 4.23. The molecule has 0 unspecified atom stereocenters. The summed E-state index contributed by atoms with van der Waals surface area (Å²) in [6.07, 6.45) is 1.42. The Morgan fingerprint density at radius 1 is 1.16 bits per heavy atom. The van der Waals surface area contributed by atoms with E-state index in [-0.39, 0.29) is 16.7 Å². The van der Waals surface area contributed by atoms with Crippen molar-refractivity contribution in [3.05, 3.63) is 60.4 Å². The zero-order valence-electron chi connectivity index (χ0n) is 11.2. The standard InChI is InChI=1S/C14H12N2O2S/c1-11-4-6-13(7-5-11)19(17,18)16-10-8-12-3-2-9-15-14(12)16/h2-10H,1H3/i10D. The Morgan fingerprint density at radius 3 is 2.63 bits per heavy atom. The summed E-state index contributed by atoms with van der Waals surface area (Å²) >= 11 is 0. The number of benzene rings is 1. The molecule has 0 aliphatic rings. The zero-order chi connectivity index (χ0) is 14.3. The monoisotopic (exact) mass is 273 g/mol. The van der Waals surface area contributed by atoms with Crippen molar-refractivity contribution < 1.29 is 9.79 Å². The minimum atomic E-state index is -3.80. The van der Waals surface area contributed by atoms with Crippen molar-refractivity contribution in [1.29, 1.82) is 0 Å². The zero-order valence-corrected chi connectivity index (χ0v) is 11.1. The van der Waals surface area contributed by atoms with Crippen molar-refractivity contribution in [2.45, 2.75) is 11.8 Å². The van der Waals surface area contributed by atoms with Crippen LogP contribution >= 0.6 is 0 Å². The molecule has 19 heavy (non-hydrogen) atoms. The summed E-state index contributed by atoms with van der Waals surface area (Å²) in [7, 11) is -3.80. The molecule has 96 valence electrons. The largest absolute Gasteiger partial charge is 0.269 e. The highest BCUT2D eigenvalue weighted by Gasteiger charge is 2.18. The van der Waals surface area contributed by atoms with Crippen LogP contribution in [0.4, 0.5) is 0 Å². The minimum Gasteiger partial charge on any atom is -0.237 e. The molecule has 0 N–H and O–H groups in total. The van der Waals surface area contributed by atoms with E-state index < -0.39 is 10.0 Å². The maximum atomic E-state index is 12.6. The van der Waals surface area contributed by atoms with Gasteiger partial charge in [0.25, 0.3) is 10.0 Å². The Kier molecular flexibility index (Phi) is 2.38. The Hall–Kier alpha value is -2.14. The summed E-state index contributed by atoms with van der Waals surface area (Å²) in [5, 5.41) is 0.633. The van der Waals surface area contributed by atoms with Crippen LogP contribution < -0.4 is 0 Å². The van der Waals surface area contributed by atoms with Crippen molar-refractivity contribution in [1.82, 2.24) is 8.96 Å². The highest BCUT2D eigenvalue weighted by Crippen LogP contribution is 2.20. The molecular weight excluding hydrogens is 260 g/mol. The predicted octanol–water partition coefficient (Wildman–Crippen LogP) is 2.58. The van der Waals surface area contributed by atoms with E-state index in [0.717, 1.165) is 9.54 Å². The molecule has 0 amide bonds. The first-order valence-corrected chi connectivity index (χ1v) is 7.19. The van der Waals surface area contributed by atoms with Crippen LogP contribution in [-0.4, -0.2) is 17.4 Å². The van der Waals surface area contributed by atoms with Gasteiger partial charge in [-0.2, -0.15) is 0 Å². The first kappa shape index (κ1) is 10.8. The maximum absolute atomic E-state index is 12.6. The van der Waals surface area contributed by atoms with Gasteiger partial charge in [-0.1, -0.05) is 17.7 Å². The molecule has 5 heteroatoms. The molecule has 0 bridgehead atoms. The third-order valence-electron chi connectivity index (χ3n) is 2.91. The fraction of sp³-hybridized carbons (Fsp3) is 0.0714. The average molecular weight is 273 g/mol. The summed E-state index contributed by atoms with van der Waals surface area (Å²) in [5.41, 5.74) is 1.25. The van der Waals surface area contributed by atoms with Crippen molar-refractivity contribution in [2.24, 2.45) is 0 Å². The molecular formula is C14H12N2O2S. The molecule has 0 saturated heterocycles. The van der Waals surface area contributed by atoms with Crippen LogP contribution in [0.3, 0.4) is 0 Å². The molecule has 3 rings (SSSR count). The van der Waals surface area contributed by atoms with Gasteiger partial charge in [0.1, 0.15) is 0 Å². The van der Waals surface area contributed by atoms with Gasteiger partial charge in [-0.3, -0.25) is 0 Å². The van der Waals surface area contributed by atoms with E-state index in [2.05, 4.69) is 4.98 Å². The fourth-order valence-electron chi connectivity index (χ4n) is 1.88. The van der Waals surface area contributed by atoms with Crippen LogP contribution in [0.1, 0.15) is 6.93 Å². The van der Waals surface area contributed by atoms with Crippen molar-refractivity contribution in [3.8, 4) is 0 Å². The quantitative estimate of drug-likeness (QED) is 0.721. The molecule has 2 aromatic heterocycles. The predicted molar refractivity (Wildman–Crippen MR) is 73.5 cm³/mol. The maximum Gasteiger partial charge on any atom is 0.269 e. The van der Waals surface area contributed by atoms with Crippen molar-refractivity contribution in [2.75, 3.05) is 0 Å².